The number of carbonyl (C=O) groups excluding carboxylic acids is 1. The molecule has 33 heavy (non-hydrogen) atoms. The van der Waals surface area contributed by atoms with Crippen molar-refractivity contribution in [2.24, 2.45) is 0 Å². The molecule has 1 unspecified atom stereocenters. The number of hydrogen-bond donors (Lipinski definition) is 4. The van der Waals surface area contributed by atoms with Crippen LogP contribution in [0.2, 0.25) is 0 Å². The Balaban J connectivity index is -0.000000279. The number of unbranched alkanes of at least 4 members (excludes halogenated alkanes) is 9. The molecule has 1 atom stereocenters. The molecule has 0 aromatic rings. The van der Waals surface area contributed by atoms with E-state index in [1.807, 2.05) is 0 Å². The molecule has 4 N–H and O–H groups in total. The van der Waals surface area contributed by atoms with Crippen LogP contribution >= 0.6 is 0 Å². The van der Waals surface area contributed by atoms with Gasteiger partial charge in [0.2, 0.25) is 0 Å². The molecular weight excluding hydrogens is 495 g/mol. The van der Waals surface area contributed by atoms with Crippen molar-refractivity contribution in [3.05, 3.63) is 0 Å². The summed E-state index contributed by atoms with van der Waals surface area (Å²) < 4.78 is 62.6. The van der Waals surface area contributed by atoms with Crippen LogP contribution in [0.25, 0.3) is 0 Å². The minimum Gasteiger partial charge on any atom is -1.00 e. The second kappa shape index (κ2) is 20.6. The average molecular weight is 531 g/mol. The van der Waals surface area contributed by atoms with Crippen LogP contribution in [0.15, 0.2) is 0 Å². The van der Waals surface area contributed by atoms with Gasteiger partial charge in [0, 0.05) is 0 Å². The number of esters is 1. The number of aliphatic carboxylic acids is 2. The zero-order valence-corrected chi connectivity index (χ0v) is 22.8. The van der Waals surface area contributed by atoms with Gasteiger partial charge in [-0.15, -0.1) is 0 Å². The summed E-state index contributed by atoms with van der Waals surface area (Å²) in [4.78, 5) is 31.0. The summed E-state index contributed by atoms with van der Waals surface area (Å²) in [6, 6.07) is 0. The molecule has 0 aromatic heterocycles. The molecule has 0 amide bonds. The second-order valence-corrected chi connectivity index (χ2v) is 10.1. The number of hydrogen-bond acceptors (Lipinski definition) is 8. The molecule has 0 fully saturated rings. The molecule has 0 heterocycles. The Bertz CT molecular complexity index is 772. The van der Waals surface area contributed by atoms with Crippen molar-refractivity contribution in [2.75, 3.05) is 12.4 Å². The van der Waals surface area contributed by atoms with Gasteiger partial charge in [0.25, 0.3) is 20.2 Å². The monoisotopic (exact) mass is 530 g/mol. The standard InChI is InChI=1S/C14H28O5S.C4H6O7S.Na.H/c1-2-3-4-5-6-7-8-9-10-11-12-19-14(15)13-20(16,17)18;5-3(6)1-2(4(7)8)12(9,10)11;;/h2-13H2,1H3,(H,16,17,18);2H,1H2,(H,5,6)(H,7,8)(H,9,10,11);;/q;;+1;-1. The molecule has 0 spiro atoms. The van der Waals surface area contributed by atoms with Gasteiger partial charge in [-0.2, -0.15) is 16.8 Å². The van der Waals surface area contributed by atoms with Crippen LogP contribution in [0.3, 0.4) is 0 Å². The Hall–Kier alpha value is -0.770. The van der Waals surface area contributed by atoms with Crippen molar-refractivity contribution in [2.45, 2.75) is 82.8 Å². The molecule has 12 nitrogen and oxygen atoms in total. The SMILES string of the molecule is CCCCCCCCCCCCOC(=O)CS(=O)(=O)O.O=C(O)CC(C(=O)O)S(=O)(=O)O.[H-].[Na+]. The summed E-state index contributed by atoms with van der Waals surface area (Å²) in [6.45, 7) is 2.44. The van der Waals surface area contributed by atoms with E-state index in [1.54, 1.807) is 0 Å². The molecule has 15 heteroatoms. The van der Waals surface area contributed by atoms with Crippen LogP contribution in [0.5, 0.6) is 0 Å². The Morgan fingerprint density at radius 3 is 1.55 bits per heavy atom. The minimum absolute atomic E-state index is 0. The largest absolute Gasteiger partial charge is 1.00 e. The first-order chi connectivity index (χ1) is 14.7. The predicted octanol–water partition coefficient (Wildman–Crippen LogP) is -0.743. The molecule has 0 saturated heterocycles. The summed E-state index contributed by atoms with van der Waals surface area (Å²) in [5.41, 5.74) is 0. The molecule has 0 rings (SSSR count). The Morgan fingerprint density at radius 1 is 0.818 bits per heavy atom. The molecule has 0 bridgehead atoms. The van der Waals surface area contributed by atoms with Crippen molar-refractivity contribution in [1.82, 2.24) is 0 Å². The third-order valence-corrected chi connectivity index (χ3v) is 5.74. The number of carboxylic acid groups (broad SMARTS) is 2. The van der Waals surface area contributed by atoms with E-state index >= 15 is 0 Å². The van der Waals surface area contributed by atoms with E-state index in [2.05, 4.69) is 6.92 Å². The van der Waals surface area contributed by atoms with E-state index in [-0.39, 0.29) is 37.6 Å². The zero-order valence-electron chi connectivity index (χ0n) is 20.1. The van der Waals surface area contributed by atoms with Gasteiger partial charge in [-0.25, -0.2) is 0 Å². The Morgan fingerprint density at radius 2 is 1.24 bits per heavy atom. The molecule has 0 aliphatic heterocycles. The quantitative estimate of drug-likeness (QED) is 0.0792. The van der Waals surface area contributed by atoms with E-state index in [0.717, 1.165) is 19.3 Å². The average Bonchev–Trinajstić information content (AvgIpc) is 2.62. The number of ether oxygens (including phenoxy) is 1. The fourth-order valence-corrected chi connectivity index (χ4v) is 3.43. The second-order valence-electron chi connectivity index (χ2n) is 7.07. The van der Waals surface area contributed by atoms with E-state index in [0.29, 0.717) is 0 Å². The van der Waals surface area contributed by atoms with E-state index in [4.69, 9.17) is 24.1 Å². The van der Waals surface area contributed by atoms with Gasteiger partial charge in [-0.3, -0.25) is 23.5 Å². The molecule has 0 aliphatic rings. The van der Waals surface area contributed by atoms with Gasteiger partial charge in [0.15, 0.2) is 11.0 Å². The van der Waals surface area contributed by atoms with Crippen molar-refractivity contribution < 1.29 is 86.3 Å². The minimum atomic E-state index is -4.84. The molecule has 0 saturated carbocycles. The fourth-order valence-electron chi connectivity index (χ4n) is 2.44. The van der Waals surface area contributed by atoms with Crippen molar-refractivity contribution in [3.63, 3.8) is 0 Å². The van der Waals surface area contributed by atoms with Gasteiger partial charge < -0.3 is 16.4 Å². The van der Waals surface area contributed by atoms with Crippen LogP contribution in [0, 0.1) is 0 Å². The van der Waals surface area contributed by atoms with Crippen molar-refractivity contribution in [3.8, 4) is 0 Å². The van der Waals surface area contributed by atoms with Crippen molar-refractivity contribution >= 4 is 38.1 Å². The maximum Gasteiger partial charge on any atom is 1.00 e. The normalized spacial score (nSPS) is 12.0. The zero-order chi connectivity index (χ0) is 25.2. The maximum atomic E-state index is 11.0. The van der Waals surface area contributed by atoms with Crippen LogP contribution in [0.1, 0.15) is 79.0 Å². The Kier molecular flexibility index (Phi) is 23.0. The number of carboxylic acids is 2. The summed E-state index contributed by atoms with van der Waals surface area (Å²) in [5, 5.41) is 13.9. The van der Waals surface area contributed by atoms with E-state index in [9.17, 15) is 31.2 Å². The van der Waals surface area contributed by atoms with E-state index in [1.165, 1.54) is 44.9 Å². The predicted molar refractivity (Wildman–Crippen MR) is 116 cm³/mol. The first-order valence-corrected chi connectivity index (χ1v) is 13.3. The van der Waals surface area contributed by atoms with Gasteiger partial charge in [-0.1, -0.05) is 64.7 Å². The van der Waals surface area contributed by atoms with Crippen LogP contribution < -0.4 is 29.6 Å². The van der Waals surface area contributed by atoms with Crippen LogP contribution in [0.4, 0.5) is 0 Å². The Labute approximate surface area is 218 Å². The topological polar surface area (TPSA) is 210 Å². The third kappa shape index (κ3) is 27.4. The third-order valence-electron chi connectivity index (χ3n) is 4.06. The van der Waals surface area contributed by atoms with Crippen molar-refractivity contribution in [1.29, 1.82) is 0 Å². The van der Waals surface area contributed by atoms with Gasteiger partial charge >= 0.3 is 47.5 Å². The molecule has 0 aliphatic carbocycles. The fraction of sp³-hybridized carbons (Fsp3) is 0.833. The first kappa shape index (κ1) is 36.8. The molecular formula is C18H35NaO12S2. The first-order valence-electron chi connectivity index (χ1n) is 10.2. The van der Waals surface area contributed by atoms with Crippen LogP contribution in [-0.2, 0) is 39.4 Å². The van der Waals surface area contributed by atoms with Gasteiger partial charge in [-0.05, 0) is 6.42 Å². The summed E-state index contributed by atoms with van der Waals surface area (Å²) in [5.74, 6) is -5.34. The smallest absolute Gasteiger partial charge is 1.00 e. The number of rotatable bonds is 17. The molecule has 192 valence electrons. The summed E-state index contributed by atoms with van der Waals surface area (Å²) >= 11 is 0. The molecule has 0 aromatic carbocycles. The van der Waals surface area contributed by atoms with E-state index < -0.39 is 55.6 Å². The van der Waals surface area contributed by atoms with Crippen LogP contribution in [-0.4, -0.2) is 71.7 Å². The molecule has 0 radical (unpaired) electrons. The number of carbonyl (C=O) groups is 3. The maximum absolute atomic E-state index is 11.0. The van der Waals surface area contributed by atoms with Gasteiger partial charge in [0.1, 0.15) is 0 Å². The summed E-state index contributed by atoms with van der Waals surface area (Å²) in [7, 11) is -9.10. The summed E-state index contributed by atoms with van der Waals surface area (Å²) in [6.07, 6.45) is 10.7. The van der Waals surface area contributed by atoms with Gasteiger partial charge in [0.05, 0.1) is 13.0 Å².